The van der Waals surface area contributed by atoms with Crippen LogP contribution in [-0.2, 0) is 4.79 Å². The Balaban J connectivity index is 1.81. The molecule has 134 valence electrons. The Kier molecular flexibility index (Phi) is 5.98. The number of nitrogens with zero attached hydrogens (tertiary/aromatic N) is 1. The zero-order valence-corrected chi connectivity index (χ0v) is 16.8. The van der Waals surface area contributed by atoms with Crippen LogP contribution in [-0.4, -0.2) is 22.6 Å². The van der Waals surface area contributed by atoms with Gasteiger partial charge < -0.3 is 11.1 Å². The van der Waals surface area contributed by atoms with Gasteiger partial charge in [0.15, 0.2) is 0 Å². The first-order valence-electron chi connectivity index (χ1n) is 7.48. The summed E-state index contributed by atoms with van der Waals surface area (Å²) in [6.45, 7) is 1.80. The minimum Gasteiger partial charge on any atom is -0.369 e. The third kappa shape index (κ3) is 4.45. The van der Waals surface area contributed by atoms with Crippen LogP contribution in [0.1, 0.15) is 15.4 Å². The molecule has 1 aromatic carbocycles. The first-order valence-corrected chi connectivity index (χ1v) is 10.5. The van der Waals surface area contributed by atoms with Gasteiger partial charge in [0, 0.05) is 4.90 Å². The van der Waals surface area contributed by atoms with Crippen molar-refractivity contribution in [2.45, 2.75) is 11.8 Å². The number of aromatic nitrogens is 1. The molecule has 0 radical (unpaired) electrons. The quantitative estimate of drug-likeness (QED) is 0.564. The van der Waals surface area contributed by atoms with Crippen molar-refractivity contribution in [1.82, 2.24) is 4.98 Å². The average Bonchev–Trinajstić information content (AvgIpc) is 3.19. The smallest absolute Gasteiger partial charge is 0.267 e. The van der Waals surface area contributed by atoms with Crippen molar-refractivity contribution in [1.29, 1.82) is 0 Å². The average molecular weight is 424 g/mol. The number of carbonyl (C=O) groups is 2. The number of hydrogen-bond donors (Lipinski definition) is 2. The van der Waals surface area contributed by atoms with Crippen LogP contribution in [0.25, 0.3) is 9.88 Å². The summed E-state index contributed by atoms with van der Waals surface area (Å²) in [6, 6.07) is 11.0. The minimum absolute atomic E-state index is 0.149. The van der Waals surface area contributed by atoms with Crippen molar-refractivity contribution < 1.29 is 9.59 Å². The number of nitrogens with one attached hydrogen (secondary N) is 1. The maximum Gasteiger partial charge on any atom is 0.267 e. The highest BCUT2D eigenvalue weighted by atomic mass is 35.5. The number of nitrogens with two attached hydrogens (primary N) is 1. The van der Waals surface area contributed by atoms with Crippen molar-refractivity contribution in [3.63, 3.8) is 0 Å². The van der Waals surface area contributed by atoms with Crippen molar-refractivity contribution >= 4 is 63.5 Å². The summed E-state index contributed by atoms with van der Waals surface area (Å²) < 4.78 is 0.680. The van der Waals surface area contributed by atoms with Crippen LogP contribution in [0.2, 0.25) is 4.34 Å². The van der Waals surface area contributed by atoms with E-state index in [1.165, 1.54) is 34.4 Å². The molecule has 0 saturated carbocycles. The van der Waals surface area contributed by atoms with E-state index >= 15 is 0 Å². The number of benzene rings is 1. The van der Waals surface area contributed by atoms with Gasteiger partial charge in [0.25, 0.3) is 5.91 Å². The SMILES string of the molecule is Cc1nc(-c2ccc(Cl)s2)sc1C(=O)Nc1ccccc1SCC(N)=O. The standard InChI is InChI=1S/C17H14ClN3O2S3/c1-9-15(26-17(20-9)12-6-7-13(18)25-12)16(23)21-10-4-2-3-5-11(10)24-8-14(19)22/h2-7H,8H2,1H3,(H2,19,22)(H,21,23). The van der Waals surface area contributed by atoms with Crippen LogP contribution in [0, 0.1) is 6.92 Å². The number of para-hydroxylation sites is 1. The first kappa shape index (κ1) is 18.9. The number of primary amides is 1. The molecule has 3 aromatic rings. The Morgan fingerprint density at radius 1 is 1.23 bits per heavy atom. The molecular weight excluding hydrogens is 410 g/mol. The predicted molar refractivity (Wildman–Crippen MR) is 109 cm³/mol. The van der Waals surface area contributed by atoms with Gasteiger partial charge in [-0.1, -0.05) is 23.7 Å². The van der Waals surface area contributed by atoms with Crippen molar-refractivity contribution in [3.8, 4) is 9.88 Å². The van der Waals surface area contributed by atoms with Gasteiger partial charge in [-0.15, -0.1) is 34.4 Å². The van der Waals surface area contributed by atoms with Gasteiger partial charge in [-0.05, 0) is 31.2 Å². The Hall–Kier alpha value is -1.87. The van der Waals surface area contributed by atoms with Crippen LogP contribution >= 0.6 is 46.0 Å². The fraction of sp³-hybridized carbons (Fsp3) is 0.118. The molecule has 3 N–H and O–H groups in total. The third-order valence-electron chi connectivity index (χ3n) is 3.29. The van der Waals surface area contributed by atoms with E-state index < -0.39 is 5.91 Å². The molecule has 26 heavy (non-hydrogen) atoms. The van der Waals surface area contributed by atoms with E-state index in [-0.39, 0.29) is 11.7 Å². The van der Waals surface area contributed by atoms with Crippen LogP contribution in [0.15, 0.2) is 41.3 Å². The minimum atomic E-state index is -0.409. The van der Waals surface area contributed by atoms with E-state index in [9.17, 15) is 9.59 Å². The number of hydrogen-bond acceptors (Lipinski definition) is 6. The third-order valence-corrected chi connectivity index (χ3v) is 6.94. The van der Waals surface area contributed by atoms with Crippen molar-refractivity contribution in [2.24, 2.45) is 5.73 Å². The summed E-state index contributed by atoms with van der Waals surface area (Å²) in [4.78, 5) is 30.5. The summed E-state index contributed by atoms with van der Waals surface area (Å²) in [6.07, 6.45) is 0. The van der Waals surface area contributed by atoms with Crippen LogP contribution in [0.4, 0.5) is 5.69 Å². The summed E-state index contributed by atoms with van der Waals surface area (Å²) in [7, 11) is 0. The van der Waals surface area contributed by atoms with E-state index in [0.717, 1.165) is 14.8 Å². The number of halogens is 1. The highest BCUT2D eigenvalue weighted by molar-refractivity contribution is 8.00. The molecule has 0 unspecified atom stereocenters. The molecule has 0 atom stereocenters. The number of rotatable bonds is 6. The van der Waals surface area contributed by atoms with Gasteiger partial charge in [-0.2, -0.15) is 0 Å². The van der Waals surface area contributed by atoms with Gasteiger partial charge >= 0.3 is 0 Å². The van der Waals surface area contributed by atoms with Gasteiger partial charge in [0.05, 0.1) is 26.3 Å². The monoisotopic (exact) mass is 423 g/mol. The first-order chi connectivity index (χ1) is 12.4. The zero-order valence-electron chi connectivity index (χ0n) is 13.6. The van der Waals surface area contributed by atoms with E-state index in [1.54, 1.807) is 13.0 Å². The second-order valence-electron chi connectivity index (χ2n) is 5.24. The normalized spacial score (nSPS) is 10.7. The number of thiophene rings is 1. The second-order valence-corrected chi connectivity index (χ2v) is 8.97. The van der Waals surface area contributed by atoms with Crippen molar-refractivity contribution in [3.05, 3.63) is 51.3 Å². The maximum absolute atomic E-state index is 12.7. The second kappa shape index (κ2) is 8.22. The van der Waals surface area contributed by atoms with Crippen LogP contribution in [0.5, 0.6) is 0 Å². The summed E-state index contributed by atoms with van der Waals surface area (Å²) in [5, 5.41) is 3.66. The lowest BCUT2D eigenvalue weighted by atomic mass is 10.3. The molecule has 5 nitrogen and oxygen atoms in total. The molecule has 9 heteroatoms. The largest absolute Gasteiger partial charge is 0.369 e. The Morgan fingerprint density at radius 3 is 2.69 bits per heavy atom. The molecule has 2 aromatic heterocycles. The lowest BCUT2D eigenvalue weighted by molar-refractivity contribution is -0.115. The number of thioether (sulfide) groups is 1. The molecule has 0 saturated heterocycles. The molecule has 2 heterocycles. The molecule has 0 fully saturated rings. The number of thiazole rings is 1. The number of amides is 2. The summed E-state index contributed by atoms with van der Waals surface area (Å²) in [5.74, 6) is -0.495. The van der Waals surface area contributed by atoms with E-state index in [1.807, 2.05) is 30.3 Å². The highest BCUT2D eigenvalue weighted by Gasteiger charge is 2.18. The van der Waals surface area contributed by atoms with E-state index in [0.29, 0.717) is 20.6 Å². The highest BCUT2D eigenvalue weighted by Crippen LogP contribution is 2.35. The maximum atomic E-state index is 12.7. The fourth-order valence-electron chi connectivity index (χ4n) is 2.17. The van der Waals surface area contributed by atoms with Gasteiger partial charge in [-0.25, -0.2) is 4.98 Å². The lowest BCUT2D eigenvalue weighted by Crippen LogP contribution is -2.14. The Labute approximate surface area is 167 Å². The fourth-order valence-corrected chi connectivity index (χ4v) is 4.97. The number of carbonyl (C=O) groups excluding carboxylic acids is 2. The van der Waals surface area contributed by atoms with Gasteiger partial charge in [0.1, 0.15) is 9.88 Å². The predicted octanol–water partition coefficient (Wildman–Crippen LogP) is 4.66. The molecular formula is C17H14ClN3O2S3. The molecule has 0 spiro atoms. The summed E-state index contributed by atoms with van der Waals surface area (Å²) in [5.41, 5.74) is 6.50. The summed E-state index contributed by atoms with van der Waals surface area (Å²) >= 11 is 10.0. The molecule has 0 aliphatic carbocycles. The number of aryl methyl sites for hydroxylation is 1. The zero-order chi connectivity index (χ0) is 18.7. The molecule has 0 aliphatic rings. The van der Waals surface area contributed by atoms with Crippen LogP contribution < -0.4 is 11.1 Å². The van der Waals surface area contributed by atoms with Gasteiger partial charge in [0.2, 0.25) is 5.91 Å². The Bertz CT molecular complexity index is 968. The van der Waals surface area contributed by atoms with E-state index in [4.69, 9.17) is 17.3 Å². The van der Waals surface area contributed by atoms with E-state index in [2.05, 4.69) is 10.3 Å². The van der Waals surface area contributed by atoms with Crippen LogP contribution in [0.3, 0.4) is 0 Å². The molecule has 2 amide bonds. The van der Waals surface area contributed by atoms with Crippen molar-refractivity contribution in [2.75, 3.05) is 11.1 Å². The topological polar surface area (TPSA) is 85.1 Å². The lowest BCUT2D eigenvalue weighted by Gasteiger charge is -2.09. The molecule has 3 rings (SSSR count). The number of anilines is 1. The Morgan fingerprint density at radius 2 is 2.00 bits per heavy atom. The van der Waals surface area contributed by atoms with Gasteiger partial charge in [-0.3, -0.25) is 9.59 Å². The molecule has 0 aliphatic heterocycles. The molecule has 0 bridgehead atoms.